The third kappa shape index (κ3) is 7.13. The third-order valence-electron chi connectivity index (χ3n) is 1.66. The zero-order valence-electron chi connectivity index (χ0n) is 8.29. The van der Waals surface area contributed by atoms with Crippen molar-refractivity contribution in [2.75, 3.05) is 0 Å². The molecular weight excluding hydrogens is 160 g/mol. The molecule has 0 atom stereocenters. The molecule has 1 nitrogen and oxygen atoms in total. The first-order valence-electron chi connectivity index (χ1n) is 4.51. The van der Waals surface area contributed by atoms with Gasteiger partial charge >= 0.3 is 0 Å². The van der Waals surface area contributed by atoms with Gasteiger partial charge in [-0.25, -0.2) is 0 Å². The van der Waals surface area contributed by atoms with Crippen molar-refractivity contribution < 1.29 is 5.11 Å². The minimum atomic E-state index is 0.321. The van der Waals surface area contributed by atoms with E-state index in [4.69, 9.17) is 0 Å². The SMILES string of the molecule is C=CCCC/C=C(O)\C=C(\C)C=C. The minimum Gasteiger partial charge on any atom is -0.508 e. The molecule has 72 valence electrons. The van der Waals surface area contributed by atoms with E-state index in [1.165, 1.54) is 0 Å². The largest absolute Gasteiger partial charge is 0.508 e. The topological polar surface area (TPSA) is 20.2 Å². The Kier molecular flexibility index (Phi) is 6.70. The average molecular weight is 178 g/mol. The van der Waals surface area contributed by atoms with E-state index in [0.29, 0.717) is 5.76 Å². The van der Waals surface area contributed by atoms with Crippen LogP contribution in [0, 0.1) is 0 Å². The molecule has 0 saturated heterocycles. The molecule has 0 bridgehead atoms. The molecule has 0 aliphatic carbocycles. The summed E-state index contributed by atoms with van der Waals surface area (Å²) >= 11 is 0. The lowest BCUT2D eigenvalue weighted by Gasteiger charge is -1.94. The van der Waals surface area contributed by atoms with Crippen LogP contribution < -0.4 is 0 Å². The van der Waals surface area contributed by atoms with Crippen LogP contribution in [0.3, 0.4) is 0 Å². The zero-order chi connectivity index (χ0) is 10.1. The summed E-state index contributed by atoms with van der Waals surface area (Å²) in [5.74, 6) is 0.321. The summed E-state index contributed by atoms with van der Waals surface area (Å²) in [7, 11) is 0. The first-order valence-corrected chi connectivity index (χ1v) is 4.51. The first-order chi connectivity index (χ1) is 6.20. The smallest absolute Gasteiger partial charge is 0.111 e. The Labute approximate surface area is 80.8 Å². The van der Waals surface area contributed by atoms with Gasteiger partial charge in [-0.05, 0) is 43.9 Å². The second kappa shape index (κ2) is 7.41. The van der Waals surface area contributed by atoms with E-state index in [9.17, 15) is 5.11 Å². The second-order valence-electron chi connectivity index (χ2n) is 2.94. The Balaban J connectivity index is 3.87. The molecule has 0 unspecified atom stereocenters. The van der Waals surface area contributed by atoms with Gasteiger partial charge < -0.3 is 5.11 Å². The molecule has 0 radical (unpaired) electrons. The number of rotatable bonds is 6. The van der Waals surface area contributed by atoms with Crippen molar-refractivity contribution in [3.63, 3.8) is 0 Å². The van der Waals surface area contributed by atoms with Gasteiger partial charge in [0.2, 0.25) is 0 Å². The normalized spacial score (nSPS) is 12.7. The van der Waals surface area contributed by atoms with Crippen LogP contribution in [0.4, 0.5) is 0 Å². The first kappa shape index (κ1) is 11.8. The predicted octanol–water partition coefficient (Wildman–Crippen LogP) is 3.92. The molecular formula is C12H18O. The number of aliphatic hydroxyl groups is 1. The Hall–Kier alpha value is -1.24. The van der Waals surface area contributed by atoms with E-state index in [-0.39, 0.29) is 0 Å². The highest BCUT2D eigenvalue weighted by molar-refractivity contribution is 5.23. The lowest BCUT2D eigenvalue weighted by molar-refractivity contribution is 0.428. The van der Waals surface area contributed by atoms with E-state index in [1.807, 2.05) is 19.1 Å². The fraction of sp³-hybridized carbons (Fsp3) is 0.333. The Morgan fingerprint density at radius 2 is 2.00 bits per heavy atom. The molecule has 1 heteroatoms. The van der Waals surface area contributed by atoms with Crippen molar-refractivity contribution >= 4 is 0 Å². The van der Waals surface area contributed by atoms with Gasteiger partial charge in [-0.15, -0.1) is 6.58 Å². The molecule has 0 aliphatic rings. The number of aliphatic hydroxyl groups excluding tert-OH is 1. The minimum absolute atomic E-state index is 0.321. The standard InChI is InChI=1S/C12H18O/c1-4-6-7-8-9-12(13)10-11(3)5-2/h4-5,9-10,13H,1-2,6-8H2,3H3/b11-10-,12-9+. The lowest BCUT2D eigenvalue weighted by Crippen LogP contribution is -1.78. The van der Waals surface area contributed by atoms with Crippen LogP contribution in [-0.2, 0) is 0 Å². The van der Waals surface area contributed by atoms with Gasteiger partial charge in [-0.2, -0.15) is 0 Å². The van der Waals surface area contributed by atoms with Crippen molar-refractivity contribution in [2.45, 2.75) is 26.2 Å². The van der Waals surface area contributed by atoms with Crippen molar-refractivity contribution in [3.8, 4) is 0 Å². The van der Waals surface area contributed by atoms with Crippen molar-refractivity contribution in [1.29, 1.82) is 0 Å². The van der Waals surface area contributed by atoms with E-state index >= 15 is 0 Å². The molecule has 0 fully saturated rings. The molecule has 0 amide bonds. The van der Waals surface area contributed by atoms with Gasteiger partial charge in [0.05, 0.1) is 0 Å². The van der Waals surface area contributed by atoms with Crippen LogP contribution in [0.15, 0.2) is 48.8 Å². The molecule has 0 saturated carbocycles. The summed E-state index contributed by atoms with van der Waals surface area (Å²) in [5, 5.41) is 9.36. The van der Waals surface area contributed by atoms with Crippen molar-refractivity contribution in [1.82, 2.24) is 0 Å². The molecule has 0 rings (SSSR count). The molecule has 1 N–H and O–H groups in total. The van der Waals surface area contributed by atoms with Gasteiger partial charge in [0.15, 0.2) is 0 Å². The molecule has 0 aromatic heterocycles. The highest BCUT2D eigenvalue weighted by Gasteiger charge is 1.87. The quantitative estimate of drug-likeness (QED) is 0.283. The number of allylic oxidation sites excluding steroid dienone is 5. The fourth-order valence-corrected chi connectivity index (χ4v) is 0.863. The highest BCUT2D eigenvalue weighted by Crippen LogP contribution is 2.04. The second-order valence-corrected chi connectivity index (χ2v) is 2.94. The van der Waals surface area contributed by atoms with Crippen molar-refractivity contribution in [2.24, 2.45) is 0 Å². The Morgan fingerprint density at radius 1 is 1.31 bits per heavy atom. The fourth-order valence-electron chi connectivity index (χ4n) is 0.863. The third-order valence-corrected chi connectivity index (χ3v) is 1.66. The summed E-state index contributed by atoms with van der Waals surface area (Å²) in [6, 6.07) is 0. The Morgan fingerprint density at radius 3 is 2.54 bits per heavy atom. The zero-order valence-corrected chi connectivity index (χ0v) is 8.29. The summed E-state index contributed by atoms with van der Waals surface area (Å²) in [4.78, 5) is 0. The average Bonchev–Trinajstić information content (AvgIpc) is 2.12. The van der Waals surface area contributed by atoms with Crippen molar-refractivity contribution in [3.05, 3.63) is 48.8 Å². The molecule has 0 aromatic carbocycles. The monoisotopic (exact) mass is 178 g/mol. The number of hydrogen-bond donors (Lipinski definition) is 1. The summed E-state index contributed by atoms with van der Waals surface area (Å²) in [6.45, 7) is 9.14. The van der Waals surface area contributed by atoms with Crippen LogP contribution in [0.1, 0.15) is 26.2 Å². The number of hydrogen-bond acceptors (Lipinski definition) is 1. The molecule has 0 heterocycles. The van der Waals surface area contributed by atoms with Crippen LogP contribution >= 0.6 is 0 Å². The molecule has 0 spiro atoms. The Bertz CT molecular complexity index is 221. The highest BCUT2D eigenvalue weighted by atomic mass is 16.3. The summed E-state index contributed by atoms with van der Waals surface area (Å²) in [5.41, 5.74) is 0.970. The van der Waals surface area contributed by atoms with Gasteiger partial charge in [0.25, 0.3) is 0 Å². The van der Waals surface area contributed by atoms with E-state index in [0.717, 1.165) is 24.8 Å². The van der Waals surface area contributed by atoms with Crippen LogP contribution in [-0.4, -0.2) is 5.11 Å². The number of unbranched alkanes of at least 4 members (excludes halogenated alkanes) is 2. The van der Waals surface area contributed by atoms with Gasteiger partial charge in [0.1, 0.15) is 5.76 Å². The summed E-state index contributed by atoms with van der Waals surface area (Å²) in [6.07, 6.45) is 10.0. The molecule has 0 aromatic rings. The summed E-state index contributed by atoms with van der Waals surface area (Å²) < 4.78 is 0. The van der Waals surface area contributed by atoms with Crippen LogP contribution in [0.25, 0.3) is 0 Å². The lowest BCUT2D eigenvalue weighted by atomic mass is 10.2. The van der Waals surface area contributed by atoms with Gasteiger partial charge in [-0.1, -0.05) is 18.7 Å². The van der Waals surface area contributed by atoms with Gasteiger partial charge in [0, 0.05) is 0 Å². The van der Waals surface area contributed by atoms with Gasteiger partial charge in [-0.3, -0.25) is 0 Å². The van der Waals surface area contributed by atoms with E-state index < -0.39 is 0 Å². The maximum Gasteiger partial charge on any atom is 0.111 e. The van der Waals surface area contributed by atoms with E-state index in [2.05, 4.69) is 13.2 Å². The predicted molar refractivity (Wildman–Crippen MR) is 58.7 cm³/mol. The molecule has 0 aliphatic heterocycles. The van der Waals surface area contributed by atoms with E-state index in [1.54, 1.807) is 12.2 Å². The van der Waals surface area contributed by atoms with Crippen LogP contribution in [0.5, 0.6) is 0 Å². The maximum absolute atomic E-state index is 9.36. The van der Waals surface area contributed by atoms with Crippen LogP contribution in [0.2, 0.25) is 0 Å². The maximum atomic E-state index is 9.36. The molecule has 13 heavy (non-hydrogen) atoms.